The molecule has 1 aromatic carbocycles. The first kappa shape index (κ1) is 17.4. The van der Waals surface area contributed by atoms with Crippen LogP contribution in [-0.2, 0) is 11.2 Å². The first-order valence-corrected chi connectivity index (χ1v) is 8.55. The molecule has 1 unspecified atom stereocenters. The summed E-state index contributed by atoms with van der Waals surface area (Å²) in [6.45, 7) is 1.87. The number of amides is 1. The fourth-order valence-electron chi connectivity index (χ4n) is 2.81. The summed E-state index contributed by atoms with van der Waals surface area (Å²) >= 11 is 0. The maximum Gasteiger partial charge on any atom is 0.251 e. The van der Waals surface area contributed by atoms with E-state index in [0.29, 0.717) is 36.5 Å². The molecule has 1 amide bonds. The highest BCUT2D eigenvalue weighted by atomic mass is 19.1. The smallest absolute Gasteiger partial charge is 0.251 e. The predicted octanol–water partition coefficient (Wildman–Crippen LogP) is 2.78. The lowest BCUT2D eigenvalue weighted by molar-refractivity contribution is 0.0954. The fraction of sp³-hybridized carbons (Fsp3) is 0.368. The Labute approximate surface area is 146 Å². The minimum atomic E-state index is -0.249. The highest BCUT2D eigenvalue weighted by molar-refractivity contribution is 5.94. The number of rotatable bonds is 7. The number of hydrogen-bond donors (Lipinski definition) is 2. The van der Waals surface area contributed by atoms with Crippen LogP contribution in [-0.4, -0.2) is 36.7 Å². The van der Waals surface area contributed by atoms with Crippen LogP contribution in [0.5, 0.6) is 0 Å². The van der Waals surface area contributed by atoms with Crippen LogP contribution in [0.25, 0.3) is 0 Å². The molecule has 1 fully saturated rings. The Morgan fingerprint density at radius 3 is 3.00 bits per heavy atom. The van der Waals surface area contributed by atoms with Gasteiger partial charge in [-0.2, -0.15) is 0 Å². The Morgan fingerprint density at radius 1 is 1.32 bits per heavy atom. The van der Waals surface area contributed by atoms with E-state index in [1.54, 1.807) is 36.5 Å². The number of ether oxygens (including phenoxy) is 1. The fourth-order valence-corrected chi connectivity index (χ4v) is 2.81. The molecule has 0 saturated carbocycles. The number of aromatic nitrogens is 1. The van der Waals surface area contributed by atoms with Gasteiger partial charge in [-0.1, -0.05) is 18.2 Å². The van der Waals surface area contributed by atoms with E-state index >= 15 is 0 Å². The molecule has 2 N–H and O–H groups in total. The summed E-state index contributed by atoms with van der Waals surface area (Å²) in [5.74, 6) is 0.206. The topological polar surface area (TPSA) is 63.2 Å². The van der Waals surface area contributed by atoms with Crippen molar-refractivity contribution >= 4 is 11.7 Å². The van der Waals surface area contributed by atoms with Crippen molar-refractivity contribution in [1.82, 2.24) is 10.3 Å². The first-order chi connectivity index (χ1) is 12.2. The maximum absolute atomic E-state index is 13.6. The average Bonchev–Trinajstić information content (AvgIpc) is 3.15. The molecule has 1 aromatic heterocycles. The lowest BCUT2D eigenvalue weighted by Crippen LogP contribution is -2.26. The summed E-state index contributed by atoms with van der Waals surface area (Å²) in [7, 11) is 0. The van der Waals surface area contributed by atoms with E-state index in [1.807, 2.05) is 0 Å². The quantitative estimate of drug-likeness (QED) is 0.811. The van der Waals surface area contributed by atoms with E-state index in [2.05, 4.69) is 15.6 Å². The van der Waals surface area contributed by atoms with Crippen LogP contribution in [0.1, 0.15) is 28.8 Å². The number of nitrogens with one attached hydrogen (secondary N) is 2. The van der Waals surface area contributed by atoms with Gasteiger partial charge in [-0.25, -0.2) is 9.37 Å². The van der Waals surface area contributed by atoms with Gasteiger partial charge in [0.1, 0.15) is 11.6 Å². The van der Waals surface area contributed by atoms with E-state index < -0.39 is 0 Å². The molecule has 0 radical (unpaired) electrons. The molecule has 1 atom stereocenters. The summed E-state index contributed by atoms with van der Waals surface area (Å²) < 4.78 is 19.1. The molecular weight excluding hydrogens is 321 g/mol. The highest BCUT2D eigenvalue weighted by Crippen LogP contribution is 2.13. The summed E-state index contributed by atoms with van der Waals surface area (Å²) in [6.07, 6.45) is 4.39. The van der Waals surface area contributed by atoms with Crippen molar-refractivity contribution in [3.05, 3.63) is 59.5 Å². The van der Waals surface area contributed by atoms with E-state index in [1.165, 1.54) is 6.07 Å². The van der Waals surface area contributed by atoms with Gasteiger partial charge in [-0.15, -0.1) is 0 Å². The highest BCUT2D eigenvalue weighted by Gasteiger charge is 2.15. The van der Waals surface area contributed by atoms with E-state index in [0.717, 1.165) is 19.4 Å². The van der Waals surface area contributed by atoms with Gasteiger partial charge in [0.25, 0.3) is 5.91 Å². The van der Waals surface area contributed by atoms with Crippen LogP contribution in [0.4, 0.5) is 10.2 Å². The molecule has 0 bridgehead atoms. The van der Waals surface area contributed by atoms with Crippen molar-refractivity contribution in [2.24, 2.45) is 0 Å². The van der Waals surface area contributed by atoms with Crippen LogP contribution in [0.15, 0.2) is 42.6 Å². The number of anilines is 1. The maximum atomic E-state index is 13.6. The monoisotopic (exact) mass is 343 g/mol. The van der Waals surface area contributed by atoms with Crippen molar-refractivity contribution in [2.75, 3.05) is 25.0 Å². The Morgan fingerprint density at radius 2 is 2.20 bits per heavy atom. The molecule has 1 aliphatic rings. The first-order valence-electron chi connectivity index (χ1n) is 8.55. The molecule has 6 heteroatoms. The molecule has 1 saturated heterocycles. The number of nitrogens with zero attached hydrogens (tertiary/aromatic N) is 1. The standard InChI is InChI=1S/C19H22FN3O2/c20-17-6-2-1-4-14(17)7-10-22-19(24)15-8-9-21-18(12-15)23-13-16-5-3-11-25-16/h1-2,4,6,8-9,12,16H,3,5,7,10-11,13H2,(H,21,23)(H,22,24). The van der Waals surface area contributed by atoms with Gasteiger partial charge in [0.15, 0.2) is 0 Å². The van der Waals surface area contributed by atoms with E-state index in [9.17, 15) is 9.18 Å². The molecule has 132 valence electrons. The molecule has 0 spiro atoms. The van der Waals surface area contributed by atoms with Crippen LogP contribution in [0.3, 0.4) is 0 Å². The van der Waals surface area contributed by atoms with Crippen molar-refractivity contribution in [3.8, 4) is 0 Å². The number of carbonyl (C=O) groups is 1. The molecule has 2 heterocycles. The second-order valence-electron chi connectivity index (χ2n) is 6.04. The Bertz CT molecular complexity index is 717. The molecule has 5 nitrogen and oxygen atoms in total. The third-order valence-electron chi connectivity index (χ3n) is 4.19. The molecule has 0 aliphatic carbocycles. The van der Waals surface area contributed by atoms with Gasteiger partial charge in [0, 0.05) is 31.5 Å². The lowest BCUT2D eigenvalue weighted by atomic mass is 10.1. The molecule has 3 rings (SSSR count). The Kier molecular flexibility index (Phi) is 5.95. The van der Waals surface area contributed by atoms with Crippen molar-refractivity contribution in [2.45, 2.75) is 25.4 Å². The molecule has 25 heavy (non-hydrogen) atoms. The zero-order chi connectivity index (χ0) is 17.5. The predicted molar refractivity (Wildman–Crippen MR) is 94.1 cm³/mol. The average molecular weight is 343 g/mol. The van der Waals surface area contributed by atoms with Crippen molar-refractivity contribution in [1.29, 1.82) is 0 Å². The Hall–Kier alpha value is -2.47. The lowest BCUT2D eigenvalue weighted by Gasteiger charge is -2.12. The van der Waals surface area contributed by atoms with Gasteiger partial charge in [-0.05, 0) is 43.0 Å². The summed E-state index contributed by atoms with van der Waals surface area (Å²) in [6, 6.07) is 9.96. The van der Waals surface area contributed by atoms with Gasteiger partial charge in [0.05, 0.1) is 6.10 Å². The molecule has 2 aromatic rings. The van der Waals surface area contributed by atoms with Gasteiger partial charge in [-0.3, -0.25) is 4.79 Å². The largest absolute Gasteiger partial charge is 0.376 e. The second-order valence-corrected chi connectivity index (χ2v) is 6.04. The van der Waals surface area contributed by atoms with Crippen LogP contribution < -0.4 is 10.6 Å². The number of hydrogen-bond acceptors (Lipinski definition) is 4. The Balaban J connectivity index is 1.49. The zero-order valence-electron chi connectivity index (χ0n) is 14.0. The SMILES string of the molecule is O=C(NCCc1ccccc1F)c1ccnc(NCC2CCCO2)c1. The molecule has 1 aliphatic heterocycles. The number of carbonyl (C=O) groups excluding carboxylic acids is 1. The number of benzene rings is 1. The summed E-state index contributed by atoms with van der Waals surface area (Å²) in [5.41, 5.74) is 1.12. The van der Waals surface area contributed by atoms with Crippen molar-refractivity contribution < 1.29 is 13.9 Å². The zero-order valence-corrected chi connectivity index (χ0v) is 14.0. The van der Waals surface area contributed by atoms with Gasteiger partial charge in [0.2, 0.25) is 0 Å². The van der Waals surface area contributed by atoms with E-state index in [4.69, 9.17) is 4.74 Å². The number of halogens is 1. The van der Waals surface area contributed by atoms with Crippen LogP contribution in [0.2, 0.25) is 0 Å². The van der Waals surface area contributed by atoms with E-state index in [-0.39, 0.29) is 17.8 Å². The second kappa shape index (κ2) is 8.58. The summed E-state index contributed by atoms with van der Waals surface area (Å²) in [5, 5.41) is 6.02. The van der Waals surface area contributed by atoms with Gasteiger partial charge < -0.3 is 15.4 Å². The summed E-state index contributed by atoms with van der Waals surface area (Å²) in [4.78, 5) is 16.5. The molecular formula is C19H22FN3O2. The third-order valence-corrected chi connectivity index (χ3v) is 4.19. The normalized spacial score (nSPS) is 16.6. The van der Waals surface area contributed by atoms with Crippen molar-refractivity contribution in [3.63, 3.8) is 0 Å². The van der Waals surface area contributed by atoms with Gasteiger partial charge >= 0.3 is 0 Å². The minimum Gasteiger partial charge on any atom is -0.376 e. The third kappa shape index (κ3) is 5.00. The minimum absolute atomic E-state index is 0.195. The van der Waals surface area contributed by atoms with Crippen LogP contribution >= 0.6 is 0 Å². The van der Waals surface area contributed by atoms with Crippen LogP contribution in [0, 0.1) is 5.82 Å². The number of pyridine rings is 1.